The number of esters is 1. The first kappa shape index (κ1) is 8.02. The summed E-state index contributed by atoms with van der Waals surface area (Å²) < 4.78 is 9.84. The van der Waals surface area contributed by atoms with Gasteiger partial charge >= 0.3 is 5.97 Å². The van der Waals surface area contributed by atoms with E-state index in [4.69, 9.17) is 14.7 Å². The van der Waals surface area contributed by atoms with E-state index in [1.165, 1.54) is 0 Å². The third-order valence-electron chi connectivity index (χ3n) is 1.41. The molecule has 0 radical (unpaired) electrons. The van der Waals surface area contributed by atoms with Crippen molar-refractivity contribution in [3.05, 3.63) is 0 Å². The van der Waals surface area contributed by atoms with E-state index in [-0.39, 0.29) is 12.5 Å². The largest absolute Gasteiger partial charge is 0.459 e. The third-order valence-corrected chi connectivity index (χ3v) is 1.41. The zero-order chi connectivity index (χ0) is 8.10. The number of hydrogen-bond donors (Lipinski definition) is 0. The van der Waals surface area contributed by atoms with Gasteiger partial charge in [0.05, 0.1) is 19.3 Å². The summed E-state index contributed by atoms with van der Waals surface area (Å²) in [6.07, 6.45) is 0.448. The second kappa shape index (κ2) is 3.94. The lowest BCUT2D eigenvalue weighted by molar-refractivity contribution is -0.147. The van der Waals surface area contributed by atoms with Crippen LogP contribution in [-0.2, 0) is 14.3 Å². The van der Waals surface area contributed by atoms with Gasteiger partial charge in [-0.25, -0.2) is 0 Å². The monoisotopic (exact) mass is 155 g/mol. The number of nitrogens with zero attached hydrogens (tertiary/aromatic N) is 1. The third kappa shape index (κ3) is 2.56. The van der Waals surface area contributed by atoms with Crippen molar-refractivity contribution in [2.24, 2.45) is 0 Å². The normalized spacial score (nSPS) is 22.6. The Balaban J connectivity index is 2.19. The quantitative estimate of drug-likeness (QED) is 0.535. The molecule has 1 aliphatic heterocycles. The van der Waals surface area contributed by atoms with Crippen molar-refractivity contribution in [2.45, 2.75) is 18.9 Å². The highest BCUT2D eigenvalue weighted by Crippen LogP contribution is 2.08. The van der Waals surface area contributed by atoms with Gasteiger partial charge in [-0.05, 0) is 0 Å². The molecule has 0 aromatic rings. The smallest absolute Gasteiger partial charge is 0.320 e. The van der Waals surface area contributed by atoms with E-state index in [0.717, 1.165) is 6.42 Å². The van der Waals surface area contributed by atoms with Crippen LogP contribution in [0.4, 0.5) is 0 Å². The second-order valence-electron chi connectivity index (χ2n) is 2.31. The van der Waals surface area contributed by atoms with E-state index in [0.29, 0.717) is 13.2 Å². The van der Waals surface area contributed by atoms with Crippen LogP contribution in [0.2, 0.25) is 0 Å². The van der Waals surface area contributed by atoms with Crippen LogP contribution < -0.4 is 0 Å². The fourth-order valence-electron chi connectivity index (χ4n) is 0.898. The van der Waals surface area contributed by atoms with Crippen LogP contribution >= 0.6 is 0 Å². The van der Waals surface area contributed by atoms with Gasteiger partial charge in [0, 0.05) is 6.42 Å². The van der Waals surface area contributed by atoms with Crippen LogP contribution in [-0.4, -0.2) is 25.3 Å². The molecular weight excluding hydrogens is 146 g/mol. The fourth-order valence-corrected chi connectivity index (χ4v) is 0.898. The van der Waals surface area contributed by atoms with E-state index >= 15 is 0 Å². The number of ether oxygens (including phenoxy) is 2. The molecule has 0 spiro atoms. The molecule has 0 aliphatic carbocycles. The summed E-state index contributed by atoms with van der Waals surface area (Å²) in [4.78, 5) is 10.7. The Morgan fingerprint density at radius 3 is 3.18 bits per heavy atom. The van der Waals surface area contributed by atoms with Crippen molar-refractivity contribution in [3.8, 4) is 6.07 Å². The standard InChI is InChI=1S/C7H9NO3/c8-3-1-7(9)11-6-2-4-10-5-6/h6H,1-2,4-5H2. The topological polar surface area (TPSA) is 59.3 Å². The summed E-state index contributed by atoms with van der Waals surface area (Å²) in [5, 5.41) is 8.13. The summed E-state index contributed by atoms with van der Waals surface area (Å²) in [5.41, 5.74) is 0. The maximum atomic E-state index is 10.7. The molecule has 1 aliphatic rings. The highest BCUT2D eigenvalue weighted by atomic mass is 16.6. The van der Waals surface area contributed by atoms with Crippen LogP contribution in [0.5, 0.6) is 0 Å². The summed E-state index contributed by atoms with van der Waals surface area (Å²) >= 11 is 0. The predicted octanol–water partition coefficient (Wildman–Crippen LogP) is 0.232. The molecule has 0 saturated carbocycles. The summed E-state index contributed by atoms with van der Waals surface area (Å²) in [6.45, 7) is 1.11. The molecule has 1 heterocycles. The maximum absolute atomic E-state index is 10.7. The number of carbonyl (C=O) groups is 1. The van der Waals surface area contributed by atoms with Crippen molar-refractivity contribution in [2.75, 3.05) is 13.2 Å². The van der Waals surface area contributed by atoms with Crippen molar-refractivity contribution >= 4 is 5.97 Å². The van der Waals surface area contributed by atoms with Crippen molar-refractivity contribution in [3.63, 3.8) is 0 Å². The minimum atomic E-state index is -0.456. The second-order valence-corrected chi connectivity index (χ2v) is 2.31. The number of rotatable bonds is 2. The lowest BCUT2D eigenvalue weighted by Crippen LogP contribution is -2.17. The van der Waals surface area contributed by atoms with Gasteiger partial charge in [-0.1, -0.05) is 0 Å². The molecule has 11 heavy (non-hydrogen) atoms. The van der Waals surface area contributed by atoms with Crippen LogP contribution in [0, 0.1) is 11.3 Å². The highest BCUT2D eigenvalue weighted by Gasteiger charge is 2.19. The maximum Gasteiger partial charge on any atom is 0.320 e. The van der Waals surface area contributed by atoms with Gasteiger partial charge in [-0.2, -0.15) is 5.26 Å². The summed E-state index contributed by atoms with van der Waals surface area (Å²) in [7, 11) is 0. The molecular formula is C7H9NO3. The number of hydrogen-bond acceptors (Lipinski definition) is 4. The predicted molar refractivity (Wildman–Crippen MR) is 35.5 cm³/mol. The van der Waals surface area contributed by atoms with Crippen LogP contribution in [0.1, 0.15) is 12.8 Å². The average Bonchev–Trinajstić information content (AvgIpc) is 2.40. The first-order valence-electron chi connectivity index (χ1n) is 3.47. The SMILES string of the molecule is N#CCC(=O)OC1CCOC1. The van der Waals surface area contributed by atoms with Crippen LogP contribution in [0.3, 0.4) is 0 Å². The van der Waals surface area contributed by atoms with Gasteiger partial charge in [0.25, 0.3) is 0 Å². The van der Waals surface area contributed by atoms with E-state index in [9.17, 15) is 4.79 Å². The molecule has 0 amide bonds. The van der Waals surface area contributed by atoms with Crippen LogP contribution in [0.15, 0.2) is 0 Å². The molecule has 0 N–H and O–H groups in total. The molecule has 0 aromatic heterocycles. The molecule has 1 atom stereocenters. The molecule has 0 aromatic carbocycles. The molecule has 1 unspecified atom stereocenters. The molecule has 4 heteroatoms. The van der Waals surface area contributed by atoms with Gasteiger partial charge in [0.15, 0.2) is 0 Å². The van der Waals surface area contributed by atoms with E-state index in [1.807, 2.05) is 0 Å². The van der Waals surface area contributed by atoms with Crippen LogP contribution in [0.25, 0.3) is 0 Å². The van der Waals surface area contributed by atoms with Crippen molar-refractivity contribution < 1.29 is 14.3 Å². The summed E-state index contributed by atoms with van der Waals surface area (Å²) in [5.74, 6) is -0.456. The molecule has 0 bridgehead atoms. The average molecular weight is 155 g/mol. The van der Waals surface area contributed by atoms with Crippen molar-refractivity contribution in [1.29, 1.82) is 5.26 Å². The van der Waals surface area contributed by atoms with Crippen molar-refractivity contribution in [1.82, 2.24) is 0 Å². The van der Waals surface area contributed by atoms with E-state index in [2.05, 4.69) is 0 Å². The van der Waals surface area contributed by atoms with Gasteiger partial charge in [-0.3, -0.25) is 4.79 Å². The Morgan fingerprint density at radius 2 is 2.64 bits per heavy atom. The van der Waals surface area contributed by atoms with Gasteiger partial charge in [0.2, 0.25) is 0 Å². The number of nitriles is 1. The first-order chi connectivity index (χ1) is 5.33. The Morgan fingerprint density at radius 1 is 1.82 bits per heavy atom. The molecule has 1 saturated heterocycles. The minimum absolute atomic E-state index is 0.129. The van der Waals surface area contributed by atoms with E-state index in [1.54, 1.807) is 6.07 Å². The number of carbonyl (C=O) groups excluding carboxylic acids is 1. The first-order valence-corrected chi connectivity index (χ1v) is 3.47. The molecule has 60 valence electrons. The molecule has 1 rings (SSSR count). The Bertz CT molecular complexity index is 179. The Kier molecular flexibility index (Phi) is 2.87. The zero-order valence-corrected chi connectivity index (χ0v) is 6.08. The highest BCUT2D eigenvalue weighted by molar-refractivity contribution is 5.71. The van der Waals surface area contributed by atoms with Gasteiger partial charge < -0.3 is 9.47 Å². The lowest BCUT2D eigenvalue weighted by Gasteiger charge is -2.06. The molecule has 1 fully saturated rings. The molecule has 4 nitrogen and oxygen atoms in total. The van der Waals surface area contributed by atoms with Gasteiger partial charge in [-0.15, -0.1) is 0 Å². The fraction of sp³-hybridized carbons (Fsp3) is 0.714. The van der Waals surface area contributed by atoms with Gasteiger partial charge in [0.1, 0.15) is 12.5 Å². The minimum Gasteiger partial charge on any atom is -0.459 e. The lowest BCUT2D eigenvalue weighted by atomic mass is 10.3. The van der Waals surface area contributed by atoms with E-state index < -0.39 is 5.97 Å². The Hall–Kier alpha value is -1.08. The summed E-state index contributed by atoms with van der Waals surface area (Å²) in [6, 6.07) is 1.73. The zero-order valence-electron chi connectivity index (χ0n) is 6.08. The Labute approximate surface area is 64.7 Å².